The van der Waals surface area contributed by atoms with E-state index in [-0.39, 0.29) is 17.0 Å². The molecule has 0 bridgehead atoms. The van der Waals surface area contributed by atoms with Crippen LogP contribution in [0.1, 0.15) is 5.56 Å². The first kappa shape index (κ1) is 22.6. The third kappa shape index (κ3) is 4.36. The second-order valence-corrected chi connectivity index (χ2v) is 8.95. The highest BCUT2D eigenvalue weighted by atomic mass is 127. The lowest BCUT2D eigenvalue weighted by Gasteiger charge is -2.10. The number of hydrogen-bond donors (Lipinski definition) is 3. The Labute approximate surface area is 154 Å². The molecule has 11 nitrogen and oxygen atoms in total. The highest BCUT2D eigenvalue weighted by Crippen LogP contribution is 2.42. The van der Waals surface area contributed by atoms with Gasteiger partial charge in [-0.05, 0) is 35.1 Å². The fourth-order valence-electron chi connectivity index (χ4n) is 1.63. The van der Waals surface area contributed by atoms with Crippen LogP contribution < -0.4 is 17.0 Å². The maximum absolute atomic E-state index is 11.4. The van der Waals surface area contributed by atoms with Gasteiger partial charge in [0.1, 0.15) is 4.90 Å². The molecule has 16 heteroatoms. The van der Waals surface area contributed by atoms with Crippen molar-refractivity contribution in [2.75, 3.05) is 0 Å². The minimum Gasteiger partial charge on any atom is -1.00 e. The Morgan fingerprint density at radius 3 is 1.48 bits per heavy atom. The molecule has 0 aliphatic carbocycles. The van der Waals surface area contributed by atoms with E-state index in [0.717, 1.165) is 6.92 Å². The fourth-order valence-corrected chi connectivity index (χ4v) is 6.38. The molecule has 1 rings (SSSR count). The summed E-state index contributed by atoms with van der Waals surface area (Å²) in [6, 6.07) is 0. The lowest BCUT2D eigenvalue weighted by atomic mass is 10.2. The van der Waals surface area contributed by atoms with Crippen molar-refractivity contribution in [3.8, 4) is 0 Å². The minimum atomic E-state index is -5.45. The van der Waals surface area contributed by atoms with E-state index in [9.17, 15) is 25.3 Å². The first-order valence-corrected chi connectivity index (χ1v) is 10.2. The summed E-state index contributed by atoms with van der Waals surface area (Å²) >= 11 is 1.18. The van der Waals surface area contributed by atoms with Crippen molar-refractivity contribution >= 4 is 58.6 Å². The molecule has 130 valence electrons. The Kier molecular flexibility index (Phi) is 6.71. The topological polar surface area (TPSA) is 191 Å². The Morgan fingerprint density at radius 1 is 0.870 bits per heavy atom. The molecule has 0 radical (unpaired) electrons. The third-order valence-corrected chi connectivity index (χ3v) is 7.08. The SMILES string of the molecule is Cc1c(I)c(S(=O)(=O)O)c(S(=O)(=O)O)c([N+]#N)c1S(=O)(=O)O.[Br-]. The molecule has 0 saturated carbocycles. The van der Waals surface area contributed by atoms with Crippen LogP contribution in [0.15, 0.2) is 14.7 Å². The zero-order valence-corrected chi connectivity index (χ0v) is 16.9. The van der Waals surface area contributed by atoms with Gasteiger partial charge in [-0.15, -0.1) is 0 Å². The molecule has 0 aromatic heterocycles. The largest absolute Gasteiger partial charge is 1.00 e. The first-order valence-electron chi connectivity index (χ1n) is 4.77. The highest BCUT2D eigenvalue weighted by Gasteiger charge is 2.44. The van der Waals surface area contributed by atoms with E-state index in [0.29, 0.717) is 0 Å². The zero-order valence-electron chi connectivity index (χ0n) is 10.7. The lowest BCUT2D eigenvalue weighted by molar-refractivity contribution is -0.0000170. The Hall–Kier alpha value is -0.420. The molecule has 0 heterocycles. The number of halogens is 2. The molecule has 0 fully saturated rings. The minimum absolute atomic E-state index is 0. The average Bonchev–Trinajstić information content (AvgIpc) is 2.26. The Bertz CT molecular complexity index is 1020. The molecular weight excluding hydrogens is 559 g/mol. The first-order chi connectivity index (χ1) is 9.64. The molecule has 0 aliphatic heterocycles. The maximum atomic E-state index is 11.4. The Balaban J connectivity index is 0.00000484. The summed E-state index contributed by atoms with van der Waals surface area (Å²) in [6.07, 6.45) is 0. The van der Waals surface area contributed by atoms with Crippen LogP contribution in [0.3, 0.4) is 0 Å². The quantitative estimate of drug-likeness (QED) is 0.207. The van der Waals surface area contributed by atoms with Crippen molar-refractivity contribution in [2.24, 2.45) is 0 Å². The molecule has 1 aromatic carbocycles. The second kappa shape index (κ2) is 6.83. The number of rotatable bonds is 3. The van der Waals surface area contributed by atoms with Gasteiger partial charge in [0.05, 0.1) is 0 Å². The molecule has 0 saturated heterocycles. The summed E-state index contributed by atoms with van der Waals surface area (Å²) in [4.78, 5) is -1.98. The number of benzene rings is 1. The van der Waals surface area contributed by atoms with E-state index >= 15 is 0 Å². The molecule has 23 heavy (non-hydrogen) atoms. The van der Waals surface area contributed by atoms with Gasteiger partial charge < -0.3 is 17.0 Å². The molecule has 3 N–H and O–H groups in total. The molecule has 0 amide bonds. The van der Waals surface area contributed by atoms with E-state index < -0.39 is 59.9 Å². The number of nitrogens with zero attached hydrogens (tertiary/aromatic N) is 2. The zero-order chi connectivity index (χ0) is 17.7. The standard InChI is InChI=1S/C7H5IN2O9S3.BrH/c1-2-3(8)6(21(14,15)16)7(22(17,18)19)4(10-9)5(2)20(11,12)13;/h1H3,(H2-,11,12,13,14,15,16,17,18,19);1H. The fraction of sp³-hybridized carbons (Fsp3) is 0.143. The van der Waals surface area contributed by atoms with Crippen LogP contribution in [-0.4, -0.2) is 38.9 Å². The van der Waals surface area contributed by atoms with Crippen LogP contribution in [-0.2, 0) is 30.4 Å². The van der Waals surface area contributed by atoms with Gasteiger partial charge in [-0.3, -0.25) is 13.7 Å². The van der Waals surface area contributed by atoms with Gasteiger partial charge in [-0.1, -0.05) is 0 Å². The van der Waals surface area contributed by atoms with E-state index in [1.807, 2.05) is 0 Å². The number of hydrogen-bond acceptors (Lipinski definition) is 7. The molecule has 0 spiro atoms. The van der Waals surface area contributed by atoms with Crippen LogP contribution in [0.2, 0.25) is 0 Å². The molecule has 0 unspecified atom stereocenters. The maximum Gasteiger partial charge on any atom is 0.428 e. The normalized spacial score (nSPS) is 12.3. The predicted molar refractivity (Wildman–Crippen MR) is 78.1 cm³/mol. The van der Waals surface area contributed by atoms with Gasteiger partial charge in [0.2, 0.25) is 10.3 Å². The predicted octanol–water partition coefficient (Wildman–Crippen LogP) is -2.17. The monoisotopic (exact) mass is 564 g/mol. The van der Waals surface area contributed by atoms with Gasteiger partial charge in [0.25, 0.3) is 10.1 Å². The van der Waals surface area contributed by atoms with Crippen LogP contribution in [0.4, 0.5) is 5.69 Å². The molecule has 0 atom stereocenters. The lowest BCUT2D eigenvalue weighted by Crippen LogP contribution is -3.00. The van der Waals surface area contributed by atoms with Gasteiger partial charge in [-0.2, -0.15) is 25.3 Å². The van der Waals surface area contributed by atoms with Gasteiger partial charge in [0, 0.05) is 3.57 Å². The van der Waals surface area contributed by atoms with Gasteiger partial charge in [-0.25, -0.2) is 0 Å². The smallest absolute Gasteiger partial charge is 0.428 e. The van der Waals surface area contributed by atoms with Crippen molar-refractivity contribution < 1.29 is 55.9 Å². The summed E-state index contributed by atoms with van der Waals surface area (Å²) in [6.45, 7) is 0.960. The van der Waals surface area contributed by atoms with Crippen LogP contribution >= 0.6 is 22.6 Å². The van der Waals surface area contributed by atoms with E-state index in [1.54, 1.807) is 0 Å². The van der Waals surface area contributed by atoms with Gasteiger partial charge >= 0.3 is 25.9 Å². The molecule has 0 aliphatic rings. The molecule has 1 aromatic rings. The Morgan fingerprint density at radius 2 is 1.22 bits per heavy atom. The summed E-state index contributed by atoms with van der Waals surface area (Å²) in [7, 11) is -15.9. The van der Waals surface area contributed by atoms with Crippen molar-refractivity contribution in [3.63, 3.8) is 0 Å². The molecular formula is C7H6BrIN2O9S3. The van der Waals surface area contributed by atoms with E-state index in [4.69, 9.17) is 19.1 Å². The van der Waals surface area contributed by atoms with Crippen LogP contribution in [0.25, 0.3) is 4.98 Å². The van der Waals surface area contributed by atoms with Crippen molar-refractivity contribution in [3.05, 3.63) is 14.1 Å². The summed E-state index contributed by atoms with van der Waals surface area (Å²) in [5.41, 5.74) is -1.97. The highest BCUT2D eigenvalue weighted by molar-refractivity contribution is 14.1. The second-order valence-electron chi connectivity index (χ2n) is 3.80. The summed E-state index contributed by atoms with van der Waals surface area (Å²) in [5, 5.41) is 8.83. The number of diazo groups is 1. The summed E-state index contributed by atoms with van der Waals surface area (Å²) in [5.74, 6) is 0. The third-order valence-electron chi connectivity index (χ3n) is 2.38. The van der Waals surface area contributed by atoms with Crippen LogP contribution in [0.5, 0.6) is 0 Å². The van der Waals surface area contributed by atoms with Gasteiger partial charge in [0.15, 0.2) is 9.87 Å². The van der Waals surface area contributed by atoms with Crippen LogP contribution in [0, 0.1) is 15.9 Å². The van der Waals surface area contributed by atoms with E-state index in [2.05, 4.69) is 4.98 Å². The summed E-state index contributed by atoms with van der Waals surface area (Å²) < 4.78 is 94.7. The average molecular weight is 565 g/mol. The van der Waals surface area contributed by atoms with Crippen molar-refractivity contribution in [1.29, 1.82) is 5.39 Å². The van der Waals surface area contributed by atoms with Crippen molar-refractivity contribution in [1.82, 2.24) is 0 Å². The van der Waals surface area contributed by atoms with Crippen molar-refractivity contribution in [2.45, 2.75) is 21.6 Å². The van der Waals surface area contributed by atoms with E-state index in [1.165, 1.54) is 22.6 Å².